The summed E-state index contributed by atoms with van der Waals surface area (Å²) in [6.45, 7) is 4.67. The third-order valence-electron chi connectivity index (χ3n) is 3.27. The van der Waals surface area contributed by atoms with E-state index >= 15 is 0 Å². The van der Waals surface area contributed by atoms with Crippen molar-refractivity contribution >= 4 is 11.9 Å². The molecule has 1 aliphatic heterocycles. The van der Waals surface area contributed by atoms with Crippen LogP contribution in [-0.2, 0) is 22.4 Å². The molecule has 1 aromatic heterocycles. The summed E-state index contributed by atoms with van der Waals surface area (Å²) in [6, 6.07) is 0. The minimum Gasteiger partial charge on any atom is -0.461 e. The zero-order chi connectivity index (χ0) is 14.5. The highest BCUT2D eigenvalue weighted by molar-refractivity contribution is 6.00. The van der Waals surface area contributed by atoms with E-state index in [2.05, 4.69) is 4.98 Å². The number of fused-ring (bicyclic) bond motifs is 1. The Morgan fingerprint density at radius 3 is 2.50 bits per heavy atom. The maximum absolute atomic E-state index is 12.1. The molecule has 0 saturated heterocycles. The maximum Gasteiger partial charge on any atom is 0.359 e. The van der Waals surface area contributed by atoms with Crippen LogP contribution in [0.2, 0.25) is 0 Å². The van der Waals surface area contributed by atoms with Gasteiger partial charge in [0.1, 0.15) is 5.82 Å². The van der Waals surface area contributed by atoms with E-state index in [9.17, 15) is 9.59 Å². The second kappa shape index (κ2) is 6.54. The number of hydrogen-bond donors (Lipinski definition) is 0. The van der Waals surface area contributed by atoms with Gasteiger partial charge in [-0.05, 0) is 26.7 Å². The molecule has 6 nitrogen and oxygen atoms in total. The average Bonchev–Trinajstić information content (AvgIpc) is 2.63. The number of esters is 2. The van der Waals surface area contributed by atoms with Gasteiger partial charge in [0.15, 0.2) is 11.4 Å². The van der Waals surface area contributed by atoms with Crippen LogP contribution in [0.4, 0.5) is 0 Å². The number of aryl methyl sites for hydroxylation is 1. The number of imidazole rings is 1. The fourth-order valence-corrected chi connectivity index (χ4v) is 2.41. The quantitative estimate of drug-likeness (QED) is 0.788. The van der Waals surface area contributed by atoms with Crippen molar-refractivity contribution in [3.63, 3.8) is 0 Å². The summed E-state index contributed by atoms with van der Waals surface area (Å²) >= 11 is 0. The van der Waals surface area contributed by atoms with Gasteiger partial charge in [-0.25, -0.2) is 14.6 Å². The second-order valence-electron chi connectivity index (χ2n) is 4.63. The molecular formula is C14H20N2O4. The summed E-state index contributed by atoms with van der Waals surface area (Å²) in [5.41, 5.74) is 0.324. The highest BCUT2D eigenvalue weighted by Crippen LogP contribution is 2.21. The van der Waals surface area contributed by atoms with Crippen molar-refractivity contribution in [1.82, 2.24) is 9.55 Å². The van der Waals surface area contributed by atoms with Gasteiger partial charge in [0.25, 0.3) is 0 Å². The van der Waals surface area contributed by atoms with E-state index in [1.165, 1.54) is 0 Å². The van der Waals surface area contributed by atoms with Crippen molar-refractivity contribution in [2.45, 2.75) is 46.1 Å². The second-order valence-corrected chi connectivity index (χ2v) is 4.63. The lowest BCUT2D eigenvalue weighted by molar-refractivity contribution is 0.0467. The van der Waals surface area contributed by atoms with Crippen LogP contribution in [0, 0.1) is 0 Å². The fourth-order valence-electron chi connectivity index (χ4n) is 2.41. The first-order valence-corrected chi connectivity index (χ1v) is 7.12. The van der Waals surface area contributed by atoms with Gasteiger partial charge in [-0.15, -0.1) is 0 Å². The number of carbonyl (C=O) groups is 2. The fraction of sp³-hybridized carbons (Fsp3) is 0.643. The number of hydrogen-bond acceptors (Lipinski definition) is 5. The van der Waals surface area contributed by atoms with Crippen LogP contribution in [0.5, 0.6) is 0 Å². The van der Waals surface area contributed by atoms with E-state index in [4.69, 9.17) is 9.47 Å². The molecule has 6 heteroatoms. The molecule has 2 heterocycles. The van der Waals surface area contributed by atoms with Crippen molar-refractivity contribution in [2.24, 2.45) is 0 Å². The number of carbonyl (C=O) groups excluding carboxylic acids is 2. The molecule has 0 bridgehead atoms. The Balaban J connectivity index is 2.44. The van der Waals surface area contributed by atoms with E-state index in [0.717, 1.165) is 31.5 Å². The summed E-state index contributed by atoms with van der Waals surface area (Å²) in [4.78, 5) is 28.4. The Morgan fingerprint density at radius 1 is 1.10 bits per heavy atom. The largest absolute Gasteiger partial charge is 0.461 e. The van der Waals surface area contributed by atoms with Gasteiger partial charge in [-0.2, -0.15) is 0 Å². The monoisotopic (exact) mass is 280 g/mol. The zero-order valence-corrected chi connectivity index (χ0v) is 12.0. The Hall–Kier alpha value is -1.85. The standard InChI is InChI=1S/C14H20N2O4/c1-3-19-13(17)11-12(14(18)20-4-2)16-9-7-5-6-8-10(16)15-11/h3-9H2,1-2H3. The smallest absolute Gasteiger partial charge is 0.359 e. The lowest BCUT2D eigenvalue weighted by Crippen LogP contribution is -2.18. The first-order chi connectivity index (χ1) is 9.69. The highest BCUT2D eigenvalue weighted by Gasteiger charge is 2.29. The molecule has 0 aromatic carbocycles. The van der Waals surface area contributed by atoms with E-state index in [1.54, 1.807) is 13.8 Å². The van der Waals surface area contributed by atoms with Crippen LogP contribution in [0.1, 0.15) is 59.9 Å². The molecule has 20 heavy (non-hydrogen) atoms. The van der Waals surface area contributed by atoms with Crippen molar-refractivity contribution in [2.75, 3.05) is 13.2 Å². The van der Waals surface area contributed by atoms with Gasteiger partial charge in [0, 0.05) is 13.0 Å². The number of nitrogens with zero attached hydrogens (tertiary/aromatic N) is 2. The molecule has 0 unspecified atom stereocenters. The van der Waals surface area contributed by atoms with Gasteiger partial charge in [-0.1, -0.05) is 6.42 Å². The van der Waals surface area contributed by atoms with Crippen molar-refractivity contribution < 1.29 is 19.1 Å². The molecule has 0 radical (unpaired) electrons. The van der Waals surface area contributed by atoms with Gasteiger partial charge in [-0.3, -0.25) is 0 Å². The summed E-state index contributed by atoms with van der Waals surface area (Å²) in [5, 5.41) is 0. The molecule has 2 rings (SSSR count). The predicted octanol–water partition coefficient (Wildman–Crippen LogP) is 1.96. The van der Waals surface area contributed by atoms with Crippen LogP contribution in [0.3, 0.4) is 0 Å². The van der Waals surface area contributed by atoms with Crippen molar-refractivity contribution in [3.8, 4) is 0 Å². The molecule has 0 aliphatic carbocycles. The van der Waals surface area contributed by atoms with Crippen molar-refractivity contribution in [1.29, 1.82) is 0 Å². The molecule has 0 amide bonds. The predicted molar refractivity (Wildman–Crippen MR) is 71.7 cm³/mol. The lowest BCUT2D eigenvalue weighted by atomic mass is 10.2. The van der Waals surface area contributed by atoms with Gasteiger partial charge >= 0.3 is 11.9 Å². The normalized spacial score (nSPS) is 14.3. The Bertz CT molecular complexity index is 508. The Labute approximate surface area is 118 Å². The van der Waals surface area contributed by atoms with E-state index in [1.807, 2.05) is 4.57 Å². The third-order valence-corrected chi connectivity index (χ3v) is 3.27. The Morgan fingerprint density at radius 2 is 1.80 bits per heavy atom. The first kappa shape index (κ1) is 14.6. The van der Waals surface area contributed by atoms with Crippen LogP contribution >= 0.6 is 0 Å². The molecule has 1 aromatic rings. The molecule has 0 saturated carbocycles. The molecule has 0 spiro atoms. The van der Waals surface area contributed by atoms with Crippen LogP contribution in [0.25, 0.3) is 0 Å². The average molecular weight is 280 g/mol. The number of aromatic nitrogens is 2. The number of ether oxygens (including phenoxy) is 2. The Kier molecular flexibility index (Phi) is 4.76. The third kappa shape index (κ3) is 2.84. The molecule has 1 aliphatic rings. The van der Waals surface area contributed by atoms with E-state index in [0.29, 0.717) is 6.54 Å². The molecule has 0 fully saturated rings. The maximum atomic E-state index is 12.1. The summed E-state index contributed by atoms with van der Waals surface area (Å²) in [5.74, 6) is -0.291. The van der Waals surface area contributed by atoms with Gasteiger partial charge in [0.05, 0.1) is 13.2 Å². The SMILES string of the molecule is CCOC(=O)c1nc2n(c1C(=O)OCC)CCCCC2. The van der Waals surface area contributed by atoms with Crippen LogP contribution < -0.4 is 0 Å². The minimum atomic E-state index is -0.559. The first-order valence-electron chi connectivity index (χ1n) is 7.12. The van der Waals surface area contributed by atoms with Crippen LogP contribution in [0.15, 0.2) is 0 Å². The summed E-state index contributed by atoms with van der Waals surface area (Å²) in [7, 11) is 0. The highest BCUT2D eigenvalue weighted by atomic mass is 16.5. The van der Waals surface area contributed by atoms with Gasteiger partial charge in [0.2, 0.25) is 0 Å². The summed E-state index contributed by atoms with van der Waals surface area (Å²) in [6.07, 6.45) is 3.85. The zero-order valence-electron chi connectivity index (χ0n) is 12.0. The van der Waals surface area contributed by atoms with Crippen molar-refractivity contribution in [3.05, 3.63) is 17.2 Å². The van der Waals surface area contributed by atoms with Gasteiger partial charge < -0.3 is 14.0 Å². The molecule has 0 N–H and O–H groups in total. The topological polar surface area (TPSA) is 70.4 Å². The molecule has 110 valence electrons. The van der Waals surface area contributed by atoms with E-state index < -0.39 is 11.9 Å². The number of rotatable bonds is 4. The molecular weight excluding hydrogens is 260 g/mol. The minimum absolute atomic E-state index is 0.0854. The summed E-state index contributed by atoms with van der Waals surface area (Å²) < 4.78 is 11.9. The lowest BCUT2D eigenvalue weighted by Gasteiger charge is -2.09. The van der Waals surface area contributed by atoms with Crippen LogP contribution in [-0.4, -0.2) is 34.7 Å². The van der Waals surface area contributed by atoms with E-state index in [-0.39, 0.29) is 24.6 Å². The molecule has 0 atom stereocenters.